The first-order valence-electron chi connectivity index (χ1n) is 7.78. The van der Waals surface area contributed by atoms with Gasteiger partial charge in [-0.15, -0.1) is 0 Å². The Hall–Kier alpha value is -1.06. The molecule has 2 rings (SSSR count). The minimum Gasteiger partial charge on any atom is -0.388 e. The molecule has 0 amide bonds. The molecule has 1 saturated carbocycles. The van der Waals surface area contributed by atoms with Gasteiger partial charge in [-0.2, -0.15) is 0 Å². The molecule has 2 N–H and O–H groups in total. The highest BCUT2D eigenvalue weighted by Crippen LogP contribution is 2.31. The maximum absolute atomic E-state index is 10.5. The summed E-state index contributed by atoms with van der Waals surface area (Å²) in [7, 11) is 2.08. The minimum atomic E-state index is -0.481. The lowest BCUT2D eigenvalue weighted by Gasteiger charge is -2.30. The van der Waals surface area contributed by atoms with E-state index in [4.69, 9.17) is 0 Å². The van der Waals surface area contributed by atoms with Gasteiger partial charge in [0.15, 0.2) is 0 Å². The van der Waals surface area contributed by atoms with Crippen LogP contribution in [-0.4, -0.2) is 30.8 Å². The minimum absolute atomic E-state index is 0.481. The second kappa shape index (κ2) is 6.59. The average molecular weight is 276 g/mol. The fourth-order valence-corrected chi connectivity index (χ4v) is 3.10. The molecule has 1 fully saturated rings. The normalized spacial score (nSPS) is 17.4. The standard InChI is InChI=1S/C17H28N2O/c1-4-18-12-15-7-8-16(11-14(15)2)19(3)13-17(20)9-5-6-10-17/h7-8,11,18,20H,4-6,9-10,12-13H2,1-3H3. The van der Waals surface area contributed by atoms with Gasteiger partial charge in [0.05, 0.1) is 5.60 Å². The number of anilines is 1. The molecule has 0 radical (unpaired) electrons. The Morgan fingerprint density at radius 3 is 2.60 bits per heavy atom. The van der Waals surface area contributed by atoms with E-state index in [0.717, 1.165) is 45.3 Å². The molecule has 3 nitrogen and oxygen atoms in total. The number of nitrogens with zero attached hydrogens (tertiary/aromatic N) is 1. The van der Waals surface area contributed by atoms with Gasteiger partial charge in [-0.3, -0.25) is 0 Å². The highest BCUT2D eigenvalue weighted by molar-refractivity contribution is 5.50. The van der Waals surface area contributed by atoms with E-state index in [1.165, 1.54) is 16.8 Å². The number of aryl methyl sites for hydroxylation is 1. The average Bonchev–Trinajstić information content (AvgIpc) is 2.83. The fraction of sp³-hybridized carbons (Fsp3) is 0.647. The summed E-state index contributed by atoms with van der Waals surface area (Å²) in [4.78, 5) is 2.19. The Kier molecular flexibility index (Phi) is 5.06. The van der Waals surface area contributed by atoms with E-state index in [1.54, 1.807) is 0 Å². The number of likely N-dealkylation sites (N-methyl/N-ethyl adjacent to an activating group) is 1. The van der Waals surface area contributed by atoms with E-state index in [-0.39, 0.29) is 0 Å². The van der Waals surface area contributed by atoms with Crippen LogP contribution in [0.1, 0.15) is 43.7 Å². The molecule has 112 valence electrons. The van der Waals surface area contributed by atoms with Crippen LogP contribution in [-0.2, 0) is 6.54 Å². The Balaban J connectivity index is 2.02. The number of aliphatic hydroxyl groups is 1. The summed E-state index contributed by atoms with van der Waals surface area (Å²) >= 11 is 0. The quantitative estimate of drug-likeness (QED) is 0.838. The van der Waals surface area contributed by atoms with Crippen LogP contribution in [0.4, 0.5) is 5.69 Å². The maximum Gasteiger partial charge on any atom is 0.0821 e. The van der Waals surface area contributed by atoms with Gasteiger partial charge < -0.3 is 15.3 Å². The molecule has 0 unspecified atom stereocenters. The van der Waals surface area contributed by atoms with Crippen LogP contribution in [0.25, 0.3) is 0 Å². The molecule has 1 aromatic rings. The number of hydrogen-bond donors (Lipinski definition) is 2. The van der Waals surface area contributed by atoms with Crippen molar-refractivity contribution in [2.75, 3.05) is 25.0 Å². The van der Waals surface area contributed by atoms with Gasteiger partial charge in [-0.05, 0) is 49.6 Å². The van der Waals surface area contributed by atoms with Gasteiger partial charge in [0.1, 0.15) is 0 Å². The zero-order valence-corrected chi connectivity index (χ0v) is 13.1. The molecule has 20 heavy (non-hydrogen) atoms. The lowest BCUT2D eigenvalue weighted by Crippen LogP contribution is -2.39. The molecular weight excluding hydrogens is 248 g/mol. The summed E-state index contributed by atoms with van der Waals surface area (Å²) < 4.78 is 0. The smallest absolute Gasteiger partial charge is 0.0821 e. The first-order chi connectivity index (χ1) is 9.54. The first kappa shape index (κ1) is 15.3. The zero-order valence-electron chi connectivity index (χ0n) is 13.1. The number of nitrogens with one attached hydrogen (secondary N) is 1. The monoisotopic (exact) mass is 276 g/mol. The summed E-state index contributed by atoms with van der Waals surface area (Å²) in [6.07, 6.45) is 4.19. The predicted molar refractivity (Wildman–Crippen MR) is 85.2 cm³/mol. The van der Waals surface area contributed by atoms with Crippen molar-refractivity contribution in [1.29, 1.82) is 0 Å². The van der Waals surface area contributed by atoms with Crippen molar-refractivity contribution in [2.24, 2.45) is 0 Å². The lowest BCUT2D eigenvalue weighted by atomic mass is 10.0. The van der Waals surface area contributed by atoms with E-state index in [0.29, 0.717) is 0 Å². The van der Waals surface area contributed by atoms with Gasteiger partial charge in [0, 0.05) is 25.8 Å². The Bertz CT molecular complexity index is 439. The number of hydrogen-bond acceptors (Lipinski definition) is 3. The Morgan fingerprint density at radius 2 is 2.00 bits per heavy atom. The van der Waals surface area contributed by atoms with Crippen LogP contribution < -0.4 is 10.2 Å². The number of rotatable bonds is 6. The van der Waals surface area contributed by atoms with Crippen molar-refractivity contribution < 1.29 is 5.11 Å². The molecule has 0 spiro atoms. The Morgan fingerprint density at radius 1 is 1.30 bits per heavy atom. The van der Waals surface area contributed by atoms with Gasteiger partial charge >= 0.3 is 0 Å². The van der Waals surface area contributed by atoms with E-state index in [9.17, 15) is 5.11 Å². The fourth-order valence-electron chi connectivity index (χ4n) is 3.10. The molecule has 3 heteroatoms. The summed E-state index contributed by atoms with van der Waals surface area (Å²) in [5.41, 5.74) is 3.38. The van der Waals surface area contributed by atoms with Crippen LogP contribution >= 0.6 is 0 Å². The van der Waals surface area contributed by atoms with Crippen LogP contribution in [0.2, 0.25) is 0 Å². The molecule has 0 heterocycles. The van der Waals surface area contributed by atoms with Gasteiger partial charge in [-0.1, -0.05) is 25.8 Å². The largest absolute Gasteiger partial charge is 0.388 e. The van der Waals surface area contributed by atoms with Crippen LogP contribution in [0.5, 0.6) is 0 Å². The van der Waals surface area contributed by atoms with E-state index in [1.807, 2.05) is 0 Å². The molecule has 1 aromatic carbocycles. The molecule has 0 bridgehead atoms. The summed E-state index contributed by atoms with van der Waals surface area (Å²) in [6.45, 7) is 6.94. The van der Waals surface area contributed by atoms with Crippen molar-refractivity contribution >= 4 is 5.69 Å². The summed E-state index contributed by atoms with van der Waals surface area (Å²) in [5.74, 6) is 0. The van der Waals surface area contributed by atoms with E-state index >= 15 is 0 Å². The third-order valence-electron chi connectivity index (χ3n) is 4.40. The number of benzene rings is 1. The first-order valence-corrected chi connectivity index (χ1v) is 7.78. The molecule has 0 atom stereocenters. The summed E-state index contributed by atoms with van der Waals surface area (Å²) in [6, 6.07) is 6.59. The SMILES string of the molecule is CCNCc1ccc(N(C)CC2(O)CCCC2)cc1C. The molecule has 1 aliphatic rings. The molecule has 0 aliphatic heterocycles. The highest BCUT2D eigenvalue weighted by Gasteiger charge is 2.32. The molecular formula is C17H28N2O. The van der Waals surface area contributed by atoms with Gasteiger partial charge in [0.2, 0.25) is 0 Å². The van der Waals surface area contributed by atoms with Crippen molar-refractivity contribution in [1.82, 2.24) is 5.32 Å². The predicted octanol–water partition coefficient (Wildman–Crippen LogP) is 2.85. The van der Waals surface area contributed by atoms with Gasteiger partial charge in [-0.25, -0.2) is 0 Å². The molecule has 1 aliphatic carbocycles. The second-order valence-corrected chi connectivity index (χ2v) is 6.18. The van der Waals surface area contributed by atoms with Crippen LogP contribution in [0.3, 0.4) is 0 Å². The van der Waals surface area contributed by atoms with Crippen molar-refractivity contribution in [3.05, 3.63) is 29.3 Å². The molecule has 0 aromatic heterocycles. The van der Waals surface area contributed by atoms with Crippen LogP contribution in [0.15, 0.2) is 18.2 Å². The van der Waals surface area contributed by atoms with Crippen molar-refractivity contribution in [2.45, 2.75) is 51.7 Å². The maximum atomic E-state index is 10.5. The summed E-state index contributed by atoms with van der Waals surface area (Å²) in [5, 5.41) is 13.9. The van der Waals surface area contributed by atoms with Crippen LogP contribution in [0, 0.1) is 6.92 Å². The highest BCUT2D eigenvalue weighted by atomic mass is 16.3. The zero-order chi connectivity index (χ0) is 14.6. The third kappa shape index (κ3) is 3.74. The third-order valence-corrected chi connectivity index (χ3v) is 4.40. The van der Waals surface area contributed by atoms with Gasteiger partial charge in [0.25, 0.3) is 0 Å². The molecule has 0 saturated heterocycles. The second-order valence-electron chi connectivity index (χ2n) is 6.18. The van der Waals surface area contributed by atoms with E-state index < -0.39 is 5.60 Å². The van der Waals surface area contributed by atoms with Crippen molar-refractivity contribution in [3.8, 4) is 0 Å². The van der Waals surface area contributed by atoms with Crippen molar-refractivity contribution in [3.63, 3.8) is 0 Å². The lowest BCUT2D eigenvalue weighted by molar-refractivity contribution is 0.0559. The topological polar surface area (TPSA) is 35.5 Å². The Labute approximate surface area is 123 Å². The van der Waals surface area contributed by atoms with E-state index in [2.05, 4.69) is 49.3 Å².